The van der Waals surface area contributed by atoms with E-state index in [9.17, 15) is 12.8 Å². The van der Waals surface area contributed by atoms with Gasteiger partial charge in [0.15, 0.2) is 5.82 Å². The van der Waals surface area contributed by atoms with Crippen LogP contribution < -0.4 is 0 Å². The highest BCUT2D eigenvalue weighted by molar-refractivity contribution is 8.13. The number of hydrogen-bond donors (Lipinski definition) is 0. The van der Waals surface area contributed by atoms with Gasteiger partial charge < -0.3 is 0 Å². The Balaban J connectivity index is 3.39. The molecule has 7 heteroatoms. The number of nitrogens with zero attached hydrogens (tertiary/aromatic N) is 1. The average molecular weight is 230 g/mol. The van der Waals surface area contributed by atoms with Crippen LogP contribution in [0.25, 0.3) is 0 Å². The molecule has 12 heavy (non-hydrogen) atoms. The number of pyridine rings is 1. The van der Waals surface area contributed by atoms with E-state index >= 15 is 0 Å². The van der Waals surface area contributed by atoms with Gasteiger partial charge in [0.25, 0.3) is 9.05 Å². The summed E-state index contributed by atoms with van der Waals surface area (Å²) in [6.45, 7) is 0. The van der Waals surface area contributed by atoms with Gasteiger partial charge in [-0.05, 0) is 6.07 Å². The summed E-state index contributed by atoms with van der Waals surface area (Å²) in [5.41, 5.74) is 0. The first-order valence-corrected chi connectivity index (χ1v) is 5.35. The Morgan fingerprint density at radius 2 is 2.08 bits per heavy atom. The smallest absolute Gasteiger partial charge is 0.239 e. The lowest BCUT2D eigenvalue weighted by Gasteiger charge is -1.96. The zero-order valence-corrected chi connectivity index (χ0v) is 7.79. The van der Waals surface area contributed by atoms with Crippen molar-refractivity contribution in [1.82, 2.24) is 4.98 Å². The van der Waals surface area contributed by atoms with Crippen LogP contribution in [0, 0.1) is 5.82 Å². The van der Waals surface area contributed by atoms with E-state index in [4.69, 9.17) is 22.3 Å². The molecule has 1 aromatic rings. The first-order valence-electron chi connectivity index (χ1n) is 2.67. The first-order chi connectivity index (χ1) is 5.41. The van der Waals surface area contributed by atoms with Crippen molar-refractivity contribution in [3.8, 4) is 0 Å². The van der Waals surface area contributed by atoms with Crippen LogP contribution in [-0.4, -0.2) is 13.4 Å². The third-order valence-corrected chi connectivity index (χ3v) is 2.41. The standard InChI is InChI=1S/C5H2Cl2FNO2S/c6-3-1-4(8)5(9-2-3)12(7,10)11/h1-2H. The molecule has 0 amide bonds. The predicted octanol–water partition coefficient (Wildman–Crippen LogP) is 1.80. The molecule has 0 fully saturated rings. The Bertz CT molecular complexity index is 406. The molecule has 0 aromatic carbocycles. The molecule has 0 saturated carbocycles. The average Bonchev–Trinajstić information content (AvgIpc) is 1.83. The molecule has 0 saturated heterocycles. The van der Waals surface area contributed by atoms with Crippen molar-refractivity contribution in [2.75, 3.05) is 0 Å². The van der Waals surface area contributed by atoms with Crippen molar-refractivity contribution in [1.29, 1.82) is 0 Å². The van der Waals surface area contributed by atoms with Crippen molar-refractivity contribution < 1.29 is 12.8 Å². The molecule has 0 aliphatic rings. The van der Waals surface area contributed by atoms with Crippen LogP contribution in [-0.2, 0) is 9.05 Å². The number of rotatable bonds is 1. The largest absolute Gasteiger partial charge is 0.281 e. The third kappa shape index (κ3) is 2.06. The van der Waals surface area contributed by atoms with Gasteiger partial charge >= 0.3 is 0 Å². The Kier molecular flexibility index (Phi) is 2.55. The Labute approximate surface area is 77.6 Å². The van der Waals surface area contributed by atoms with Gasteiger partial charge in [-0.1, -0.05) is 11.6 Å². The van der Waals surface area contributed by atoms with Gasteiger partial charge in [-0.2, -0.15) is 0 Å². The van der Waals surface area contributed by atoms with Crippen LogP contribution in [0.3, 0.4) is 0 Å². The maximum atomic E-state index is 12.7. The molecule has 0 bridgehead atoms. The highest BCUT2D eigenvalue weighted by Crippen LogP contribution is 2.18. The molecule has 3 nitrogen and oxygen atoms in total. The SMILES string of the molecule is O=S(=O)(Cl)c1ncc(Cl)cc1F. The summed E-state index contributed by atoms with van der Waals surface area (Å²) in [5.74, 6) is -1.06. The fraction of sp³-hybridized carbons (Fsp3) is 0. The fourth-order valence-corrected chi connectivity index (χ4v) is 1.54. The lowest BCUT2D eigenvalue weighted by molar-refractivity contribution is 0.562. The summed E-state index contributed by atoms with van der Waals surface area (Å²) in [4.78, 5) is 3.22. The van der Waals surface area contributed by atoms with Gasteiger partial charge in [-0.25, -0.2) is 17.8 Å². The van der Waals surface area contributed by atoms with E-state index in [1.165, 1.54) is 0 Å². The highest BCUT2D eigenvalue weighted by Gasteiger charge is 2.17. The van der Waals surface area contributed by atoms with Crippen LogP contribution in [0.15, 0.2) is 17.3 Å². The lowest BCUT2D eigenvalue weighted by Crippen LogP contribution is -1.98. The highest BCUT2D eigenvalue weighted by atomic mass is 35.7. The van der Waals surface area contributed by atoms with E-state index in [0.717, 1.165) is 12.3 Å². The molecule has 1 heterocycles. The van der Waals surface area contributed by atoms with Crippen molar-refractivity contribution in [2.45, 2.75) is 5.03 Å². The monoisotopic (exact) mass is 229 g/mol. The minimum absolute atomic E-state index is 0.0107. The maximum absolute atomic E-state index is 12.7. The minimum Gasteiger partial charge on any atom is -0.239 e. The summed E-state index contributed by atoms with van der Waals surface area (Å²) in [7, 11) is 0.720. The molecular formula is C5H2Cl2FNO2S. The number of halogens is 3. The second-order valence-electron chi connectivity index (χ2n) is 1.88. The number of aromatic nitrogens is 1. The van der Waals surface area contributed by atoms with Crippen LogP contribution in [0.2, 0.25) is 5.02 Å². The Morgan fingerprint density at radius 1 is 1.50 bits per heavy atom. The summed E-state index contributed by atoms with van der Waals surface area (Å²) < 4.78 is 33.9. The molecule has 0 unspecified atom stereocenters. The molecule has 1 aromatic heterocycles. The van der Waals surface area contributed by atoms with E-state index in [0.29, 0.717) is 0 Å². The van der Waals surface area contributed by atoms with Gasteiger partial charge in [-0.3, -0.25) is 0 Å². The molecule has 0 N–H and O–H groups in total. The lowest BCUT2D eigenvalue weighted by atomic mass is 10.5. The van der Waals surface area contributed by atoms with Gasteiger partial charge in [0.2, 0.25) is 5.03 Å². The summed E-state index contributed by atoms with van der Waals surface area (Å²) in [6, 6.07) is 0.823. The molecule has 1 rings (SSSR count). The van der Waals surface area contributed by atoms with Gasteiger partial charge in [0, 0.05) is 16.9 Å². The Hall–Kier alpha value is -0.390. The molecule has 0 aliphatic carbocycles. The molecule has 66 valence electrons. The summed E-state index contributed by atoms with van der Waals surface area (Å²) in [6.07, 6.45) is 1.000. The zero-order valence-electron chi connectivity index (χ0n) is 5.46. The van der Waals surface area contributed by atoms with Crippen LogP contribution in [0.4, 0.5) is 4.39 Å². The topological polar surface area (TPSA) is 47.0 Å². The molecular weight excluding hydrogens is 228 g/mol. The second-order valence-corrected chi connectivity index (χ2v) is 4.80. The minimum atomic E-state index is -4.12. The molecule has 0 radical (unpaired) electrons. The van der Waals surface area contributed by atoms with E-state index in [1.807, 2.05) is 0 Å². The molecule has 0 spiro atoms. The first kappa shape index (κ1) is 9.70. The normalized spacial score (nSPS) is 11.6. The van der Waals surface area contributed by atoms with Gasteiger partial charge in [0.05, 0.1) is 5.02 Å². The van der Waals surface area contributed by atoms with E-state index in [1.54, 1.807) is 0 Å². The fourth-order valence-electron chi connectivity index (χ4n) is 0.581. The van der Waals surface area contributed by atoms with Crippen molar-refractivity contribution in [3.63, 3.8) is 0 Å². The van der Waals surface area contributed by atoms with Crippen LogP contribution in [0.1, 0.15) is 0 Å². The van der Waals surface area contributed by atoms with Crippen molar-refractivity contribution >= 4 is 31.3 Å². The Morgan fingerprint density at radius 3 is 2.50 bits per heavy atom. The van der Waals surface area contributed by atoms with Crippen LogP contribution >= 0.6 is 22.3 Å². The van der Waals surface area contributed by atoms with E-state index in [2.05, 4.69) is 4.98 Å². The summed E-state index contributed by atoms with van der Waals surface area (Å²) in [5, 5.41) is -0.801. The predicted molar refractivity (Wildman–Crippen MR) is 42.2 cm³/mol. The van der Waals surface area contributed by atoms with Gasteiger partial charge in [-0.15, -0.1) is 0 Å². The second kappa shape index (κ2) is 3.16. The third-order valence-electron chi connectivity index (χ3n) is 1.01. The van der Waals surface area contributed by atoms with Crippen molar-refractivity contribution in [3.05, 3.63) is 23.1 Å². The summed E-state index contributed by atoms with van der Waals surface area (Å²) >= 11 is 5.33. The quantitative estimate of drug-likeness (QED) is 0.691. The van der Waals surface area contributed by atoms with E-state index in [-0.39, 0.29) is 5.02 Å². The number of hydrogen-bond acceptors (Lipinski definition) is 3. The van der Waals surface area contributed by atoms with Crippen LogP contribution in [0.5, 0.6) is 0 Å². The maximum Gasteiger partial charge on any atom is 0.281 e. The zero-order chi connectivity index (χ0) is 9.35. The van der Waals surface area contributed by atoms with Gasteiger partial charge in [0.1, 0.15) is 0 Å². The van der Waals surface area contributed by atoms with Crippen molar-refractivity contribution in [2.24, 2.45) is 0 Å². The molecule has 0 aliphatic heterocycles. The van der Waals surface area contributed by atoms with E-state index < -0.39 is 19.9 Å². The molecule has 0 atom stereocenters.